The van der Waals surface area contributed by atoms with Gasteiger partial charge in [0.25, 0.3) is 0 Å². The fraction of sp³-hybridized carbons (Fsp3) is 0.250. The number of aromatic nitrogens is 1. The zero-order chi connectivity index (χ0) is 9.14. The van der Waals surface area contributed by atoms with Crippen LogP contribution in [0.1, 0.15) is 18.6 Å². The molecule has 1 aromatic rings. The van der Waals surface area contributed by atoms with E-state index in [0.717, 1.165) is 0 Å². The highest BCUT2D eigenvalue weighted by atomic mass is 16.4. The molecule has 1 aromatic heterocycles. The molecule has 0 bridgehead atoms. The molecule has 1 rings (SSSR count). The molecule has 2 N–H and O–H groups in total. The zero-order valence-corrected chi connectivity index (χ0v) is 7.00. The van der Waals surface area contributed by atoms with Crippen LogP contribution < -0.4 is 5.73 Å². The number of allylic oxidation sites excluding steroid dienone is 1. The Balaban J connectivity index is 2.91. The summed E-state index contributed by atoms with van der Waals surface area (Å²) in [4.78, 5) is 14.5. The van der Waals surface area contributed by atoms with Gasteiger partial charge in [-0.15, -0.1) is 0 Å². The molecule has 0 amide bonds. The molecular weight excluding hydrogens is 156 g/mol. The largest absolute Gasteiger partial charge is 0.440 e. The van der Waals surface area contributed by atoms with Crippen molar-refractivity contribution in [1.82, 2.24) is 4.98 Å². The second-order valence-corrected chi connectivity index (χ2v) is 2.49. The summed E-state index contributed by atoms with van der Waals surface area (Å²) in [6, 6.07) is 0. The Morgan fingerprint density at radius 2 is 2.42 bits per heavy atom. The predicted octanol–water partition coefficient (Wildman–Crippen LogP) is 0.872. The van der Waals surface area contributed by atoms with Gasteiger partial charge in [-0.05, 0) is 13.8 Å². The van der Waals surface area contributed by atoms with Crippen LogP contribution in [0.15, 0.2) is 16.7 Å². The summed E-state index contributed by atoms with van der Waals surface area (Å²) in [5.74, 6) is 0.843. The lowest BCUT2D eigenvalue weighted by molar-refractivity contribution is -0.112. The lowest BCUT2D eigenvalue weighted by atomic mass is 10.3. The summed E-state index contributed by atoms with van der Waals surface area (Å²) in [5, 5.41) is 0. The van der Waals surface area contributed by atoms with Crippen molar-refractivity contribution < 1.29 is 9.21 Å². The van der Waals surface area contributed by atoms with Crippen molar-refractivity contribution in [3.05, 3.63) is 23.9 Å². The van der Waals surface area contributed by atoms with E-state index in [1.807, 2.05) is 0 Å². The number of hydrogen-bond donors (Lipinski definition) is 1. The third-order valence-electron chi connectivity index (χ3n) is 1.23. The van der Waals surface area contributed by atoms with Gasteiger partial charge in [0.15, 0.2) is 5.78 Å². The van der Waals surface area contributed by atoms with E-state index in [1.165, 1.54) is 13.0 Å². The Labute approximate surface area is 70.1 Å². The van der Waals surface area contributed by atoms with Crippen LogP contribution in [-0.2, 0) is 4.79 Å². The van der Waals surface area contributed by atoms with Gasteiger partial charge in [0.2, 0.25) is 5.89 Å². The summed E-state index contributed by atoms with van der Waals surface area (Å²) in [6.45, 7) is 3.18. The third kappa shape index (κ3) is 1.95. The van der Waals surface area contributed by atoms with E-state index >= 15 is 0 Å². The average molecular weight is 166 g/mol. The van der Waals surface area contributed by atoms with Crippen LogP contribution in [0.5, 0.6) is 0 Å². The Kier molecular flexibility index (Phi) is 2.28. The minimum Gasteiger partial charge on any atom is -0.440 e. The van der Waals surface area contributed by atoms with E-state index < -0.39 is 0 Å². The van der Waals surface area contributed by atoms with Crippen LogP contribution in [0.2, 0.25) is 0 Å². The van der Waals surface area contributed by atoms with Crippen molar-refractivity contribution in [2.75, 3.05) is 0 Å². The third-order valence-corrected chi connectivity index (χ3v) is 1.23. The second-order valence-electron chi connectivity index (χ2n) is 2.49. The smallest absolute Gasteiger partial charge is 0.242 e. The number of carbonyl (C=O) groups excluding carboxylic acids is 1. The van der Waals surface area contributed by atoms with E-state index in [4.69, 9.17) is 10.2 Å². The molecular formula is C8H10N2O2. The molecule has 0 radical (unpaired) electrons. The van der Waals surface area contributed by atoms with Gasteiger partial charge in [0.1, 0.15) is 5.76 Å². The van der Waals surface area contributed by atoms with E-state index in [9.17, 15) is 4.79 Å². The molecule has 0 atom stereocenters. The van der Waals surface area contributed by atoms with Gasteiger partial charge < -0.3 is 10.2 Å². The number of nitrogens with zero attached hydrogens (tertiary/aromatic N) is 1. The number of aryl methyl sites for hydroxylation is 1. The molecule has 0 fully saturated rings. The maximum atomic E-state index is 10.6. The van der Waals surface area contributed by atoms with Crippen LogP contribution in [0, 0.1) is 6.92 Å². The first-order valence-electron chi connectivity index (χ1n) is 3.50. The number of ketones is 1. The van der Waals surface area contributed by atoms with Crippen molar-refractivity contribution >= 4 is 11.5 Å². The first kappa shape index (κ1) is 8.52. The van der Waals surface area contributed by atoms with Crippen molar-refractivity contribution in [1.29, 1.82) is 0 Å². The molecule has 1 heterocycles. The molecule has 4 nitrogen and oxygen atoms in total. The number of carbonyl (C=O) groups is 1. The molecule has 0 spiro atoms. The molecule has 0 aliphatic carbocycles. The first-order valence-corrected chi connectivity index (χ1v) is 3.50. The maximum absolute atomic E-state index is 10.6. The monoisotopic (exact) mass is 166 g/mol. The summed E-state index contributed by atoms with van der Waals surface area (Å²) in [7, 11) is 0. The van der Waals surface area contributed by atoms with Gasteiger partial charge in [-0.3, -0.25) is 4.79 Å². The highest BCUT2D eigenvalue weighted by Crippen LogP contribution is 2.08. The molecule has 0 aliphatic heterocycles. The van der Waals surface area contributed by atoms with Gasteiger partial charge in [-0.1, -0.05) is 0 Å². The van der Waals surface area contributed by atoms with Crippen molar-refractivity contribution in [3.8, 4) is 0 Å². The molecule has 64 valence electrons. The van der Waals surface area contributed by atoms with Gasteiger partial charge in [-0.2, -0.15) is 0 Å². The van der Waals surface area contributed by atoms with Crippen LogP contribution in [0.25, 0.3) is 5.70 Å². The van der Waals surface area contributed by atoms with Crippen LogP contribution in [0.4, 0.5) is 0 Å². The Morgan fingerprint density at radius 1 is 1.75 bits per heavy atom. The minimum atomic E-state index is -0.122. The Bertz CT molecular complexity index is 326. The van der Waals surface area contributed by atoms with Gasteiger partial charge >= 0.3 is 0 Å². The first-order chi connectivity index (χ1) is 5.59. The summed E-state index contributed by atoms with van der Waals surface area (Å²) in [6.07, 6.45) is 2.83. The van der Waals surface area contributed by atoms with Crippen LogP contribution >= 0.6 is 0 Å². The SMILES string of the molecule is CC(=O)/C=C(\N)c1ncc(C)o1. The molecule has 4 heteroatoms. The summed E-state index contributed by atoms with van der Waals surface area (Å²) in [5.41, 5.74) is 5.75. The molecule has 0 unspecified atom stereocenters. The predicted molar refractivity (Wildman–Crippen MR) is 44.1 cm³/mol. The lowest BCUT2D eigenvalue weighted by Crippen LogP contribution is -1.99. The zero-order valence-electron chi connectivity index (χ0n) is 7.00. The number of hydrogen-bond acceptors (Lipinski definition) is 4. The van der Waals surface area contributed by atoms with Crippen LogP contribution in [-0.4, -0.2) is 10.8 Å². The molecule has 0 saturated heterocycles. The Hall–Kier alpha value is -1.58. The van der Waals surface area contributed by atoms with Crippen molar-refractivity contribution in [2.24, 2.45) is 5.73 Å². The van der Waals surface area contributed by atoms with Crippen molar-refractivity contribution in [2.45, 2.75) is 13.8 Å². The van der Waals surface area contributed by atoms with E-state index in [-0.39, 0.29) is 11.5 Å². The molecule has 0 aromatic carbocycles. The second kappa shape index (κ2) is 3.21. The van der Waals surface area contributed by atoms with E-state index in [0.29, 0.717) is 11.7 Å². The average Bonchev–Trinajstić information content (AvgIpc) is 2.34. The quantitative estimate of drug-likeness (QED) is 0.662. The molecule has 0 aliphatic rings. The standard InChI is InChI=1S/C8H10N2O2/c1-5(11)3-7(9)8-10-4-6(2)12-8/h3-4H,9H2,1-2H3/b7-3-. The highest BCUT2D eigenvalue weighted by Gasteiger charge is 2.03. The molecule has 12 heavy (non-hydrogen) atoms. The Morgan fingerprint density at radius 3 is 2.83 bits per heavy atom. The normalized spacial score (nSPS) is 11.7. The lowest BCUT2D eigenvalue weighted by Gasteiger charge is -1.91. The number of oxazole rings is 1. The highest BCUT2D eigenvalue weighted by molar-refractivity contribution is 5.93. The fourth-order valence-corrected chi connectivity index (χ4v) is 0.769. The topological polar surface area (TPSA) is 69.1 Å². The summed E-state index contributed by atoms with van der Waals surface area (Å²) < 4.78 is 5.09. The van der Waals surface area contributed by atoms with Gasteiger partial charge in [0, 0.05) is 6.08 Å². The fourth-order valence-electron chi connectivity index (χ4n) is 0.769. The van der Waals surface area contributed by atoms with Gasteiger partial charge in [0.05, 0.1) is 11.9 Å². The number of rotatable bonds is 2. The number of nitrogens with two attached hydrogens (primary N) is 1. The molecule has 0 saturated carbocycles. The van der Waals surface area contributed by atoms with E-state index in [1.54, 1.807) is 13.1 Å². The van der Waals surface area contributed by atoms with E-state index in [2.05, 4.69) is 4.98 Å². The maximum Gasteiger partial charge on any atom is 0.242 e. The minimum absolute atomic E-state index is 0.122. The summed E-state index contributed by atoms with van der Waals surface area (Å²) >= 11 is 0. The van der Waals surface area contributed by atoms with Crippen molar-refractivity contribution in [3.63, 3.8) is 0 Å². The van der Waals surface area contributed by atoms with Crippen LogP contribution in [0.3, 0.4) is 0 Å². The van der Waals surface area contributed by atoms with Gasteiger partial charge in [-0.25, -0.2) is 4.98 Å².